The number of nitrogens with one attached hydrogen (secondary N) is 2. The van der Waals surface area contributed by atoms with Gasteiger partial charge in [-0.05, 0) is 0 Å². The fourth-order valence-electron chi connectivity index (χ4n) is 0.0559. The van der Waals surface area contributed by atoms with Gasteiger partial charge in [-0.3, -0.25) is 5.43 Å². The molecule has 0 atom stereocenters. The first-order valence-corrected chi connectivity index (χ1v) is 1.22. The van der Waals surface area contributed by atoms with E-state index in [9.17, 15) is 0 Å². The van der Waals surface area contributed by atoms with Gasteiger partial charge in [-0.2, -0.15) is 5.26 Å². The Balaban J connectivity index is 2.48. The van der Waals surface area contributed by atoms with Crippen LogP contribution in [0.15, 0.2) is 0 Å². The Hall–Kier alpha value is -0.750. The van der Waals surface area contributed by atoms with E-state index >= 15 is 0 Å². The summed E-state index contributed by atoms with van der Waals surface area (Å²) in [6, 6.07) is 0. The molecule has 0 fully saturated rings. The molecule has 0 radical (unpaired) electrons. The highest BCUT2D eigenvalue weighted by atomic mass is 15.3. The Labute approximate surface area is 30.6 Å². The summed E-state index contributed by atoms with van der Waals surface area (Å²) in [5.74, 6) is 0. The highest BCUT2D eigenvalue weighted by Gasteiger charge is 1.53. The molecule has 0 bridgehead atoms. The van der Waals surface area contributed by atoms with Crippen LogP contribution in [-0.4, -0.2) is 7.05 Å². The molecule has 0 spiro atoms. The van der Waals surface area contributed by atoms with Gasteiger partial charge in [0.25, 0.3) is 0 Å². The number of rotatable bonds is 1. The van der Waals surface area contributed by atoms with Crippen molar-refractivity contribution in [3.63, 3.8) is 0 Å². The van der Waals surface area contributed by atoms with E-state index in [4.69, 9.17) is 5.26 Å². The second-order valence-corrected chi connectivity index (χ2v) is 0.487. The van der Waals surface area contributed by atoms with Gasteiger partial charge < -0.3 is 0 Å². The molecule has 2 N–H and O–H groups in total. The van der Waals surface area contributed by atoms with Crippen LogP contribution >= 0.6 is 0 Å². The normalized spacial score (nSPS) is 5.60. The van der Waals surface area contributed by atoms with E-state index in [0.717, 1.165) is 0 Å². The van der Waals surface area contributed by atoms with Crippen molar-refractivity contribution < 1.29 is 0 Å². The summed E-state index contributed by atoms with van der Waals surface area (Å²) in [6.07, 6.45) is 1.66. The molecule has 3 heteroatoms. The molecule has 0 aromatic heterocycles. The molecule has 0 saturated heterocycles. The van der Waals surface area contributed by atoms with Crippen molar-refractivity contribution in [2.24, 2.45) is 0 Å². The van der Waals surface area contributed by atoms with E-state index in [2.05, 4.69) is 10.9 Å². The topological polar surface area (TPSA) is 47.8 Å². The summed E-state index contributed by atoms with van der Waals surface area (Å²) < 4.78 is 0. The molecule has 0 aliphatic carbocycles. The molecule has 5 heavy (non-hydrogen) atoms. The standard InChI is InChI=1S/C2H5N3/c1-4-5-2-3/h4-5H,1H3. The van der Waals surface area contributed by atoms with Crippen LogP contribution in [0, 0.1) is 11.5 Å². The monoisotopic (exact) mass is 71.0 g/mol. The lowest BCUT2D eigenvalue weighted by Gasteiger charge is -1.80. The Kier molecular flexibility index (Phi) is 2.76. The summed E-state index contributed by atoms with van der Waals surface area (Å²) in [6.45, 7) is 0. The average Bonchev–Trinajstić information content (AvgIpc) is 1.41. The number of nitrogens with zero attached hydrogens (tertiary/aromatic N) is 1. The van der Waals surface area contributed by atoms with Crippen LogP contribution in [0.3, 0.4) is 0 Å². The van der Waals surface area contributed by atoms with E-state index < -0.39 is 0 Å². The van der Waals surface area contributed by atoms with Gasteiger partial charge in [0, 0.05) is 7.05 Å². The minimum absolute atomic E-state index is 1.63. The minimum Gasteiger partial charge on any atom is -0.258 e. The maximum absolute atomic E-state index is 7.64. The molecule has 3 nitrogen and oxygen atoms in total. The van der Waals surface area contributed by atoms with E-state index in [1.165, 1.54) is 0 Å². The van der Waals surface area contributed by atoms with E-state index in [0.29, 0.717) is 0 Å². The smallest absolute Gasteiger partial charge is 0.192 e. The quantitative estimate of drug-likeness (QED) is 0.241. The molecule has 0 aliphatic rings. The van der Waals surface area contributed by atoms with Crippen LogP contribution < -0.4 is 10.9 Å². The molecule has 0 amide bonds. The van der Waals surface area contributed by atoms with Gasteiger partial charge in [0.15, 0.2) is 6.19 Å². The van der Waals surface area contributed by atoms with Crippen molar-refractivity contribution in [2.75, 3.05) is 7.05 Å². The minimum atomic E-state index is 1.63. The molecule has 0 unspecified atom stereocenters. The Bertz CT molecular complexity index is 43.3. The number of hydrogen-bond donors (Lipinski definition) is 2. The molecule has 0 aromatic rings. The van der Waals surface area contributed by atoms with Crippen molar-refractivity contribution in [3.8, 4) is 6.19 Å². The fraction of sp³-hybridized carbons (Fsp3) is 0.500. The molecule has 0 aromatic carbocycles. The first-order valence-electron chi connectivity index (χ1n) is 1.22. The van der Waals surface area contributed by atoms with Crippen LogP contribution in [-0.2, 0) is 0 Å². The van der Waals surface area contributed by atoms with Crippen LogP contribution in [0.5, 0.6) is 0 Å². The molecular formula is C2H5N3. The van der Waals surface area contributed by atoms with E-state index in [1.54, 1.807) is 13.2 Å². The van der Waals surface area contributed by atoms with Crippen molar-refractivity contribution >= 4 is 0 Å². The van der Waals surface area contributed by atoms with Gasteiger partial charge >= 0.3 is 0 Å². The molecule has 0 saturated carbocycles. The largest absolute Gasteiger partial charge is 0.258 e. The third-order valence-electron chi connectivity index (χ3n) is 0.181. The van der Waals surface area contributed by atoms with Crippen molar-refractivity contribution in [1.82, 2.24) is 10.9 Å². The SMILES string of the molecule is CNNC#N. The second kappa shape index (κ2) is 3.25. The molecule has 0 aliphatic heterocycles. The summed E-state index contributed by atoms with van der Waals surface area (Å²) in [7, 11) is 1.63. The van der Waals surface area contributed by atoms with E-state index in [1.807, 2.05) is 0 Å². The van der Waals surface area contributed by atoms with Gasteiger partial charge in [0.2, 0.25) is 0 Å². The molecular weight excluding hydrogens is 66.0 g/mol. The zero-order valence-electron chi connectivity index (χ0n) is 2.95. The van der Waals surface area contributed by atoms with Gasteiger partial charge in [-0.1, -0.05) is 0 Å². The third kappa shape index (κ3) is 3.25. The van der Waals surface area contributed by atoms with Gasteiger partial charge in [0.1, 0.15) is 0 Å². The Morgan fingerprint density at radius 2 is 2.40 bits per heavy atom. The first kappa shape index (κ1) is 4.25. The third-order valence-corrected chi connectivity index (χ3v) is 0.181. The van der Waals surface area contributed by atoms with Gasteiger partial charge in [0.05, 0.1) is 0 Å². The number of nitriles is 1. The summed E-state index contributed by atoms with van der Waals surface area (Å²) in [5, 5.41) is 7.64. The first-order chi connectivity index (χ1) is 2.41. The summed E-state index contributed by atoms with van der Waals surface area (Å²) >= 11 is 0. The zero-order chi connectivity index (χ0) is 4.12. The average molecular weight is 71.1 g/mol. The molecule has 0 heterocycles. The van der Waals surface area contributed by atoms with E-state index in [-0.39, 0.29) is 0 Å². The predicted molar refractivity (Wildman–Crippen MR) is 17.8 cm³/mol. The van der Waals surface area contributed by atoms with Crippen LogP contribution in [0.4, 0.5) is 0 Å². The van der Waals surface area contributed by atoms with Gasteiger partial charge in [-0.25, -0.2) is 5.43 Å². The summed E-state index contributed by atoms with van der Waals surface area (Å²) in [5.41, 5.74) is 4.57. The molecule has 28 valence electrons. The highest BCUT2D eigenvalue weighted by molar-refractivity contribution is 4.55. The maximum Gasteiger partial charge on any atom is 0.192 e. The Morgan fingerprint density at radius 1 is 1.80 bits per heavy atom. The predicted octanol–water partition coefficient (Wildman–Crippen LogP) is -0.809. The lowest BCUT2D eigenvalue weighted by molar-refractivity contribution is 0.744. The van der Waals surface area contributed by atoms with Crippen molar-refractivity contribution in [3.05, 3.63) is 0 Å². The van der Waals surface area contributed by atoms with Crippen molar-refractivity contribution in [2.45, 2.75) is 0 Å². The second-order valence-electron chi connectivity index (χ2n) is 0.487. The fourth-order valence-corrected chi connectivity index (χ4v) is 0.0559. The van der Waals surface area contributed by atoms with Crippen LogP contribution in [0.25, 0.3) is 0 Å². The maximum atomic E-state index is 7.64. The highest BCUT2D eigenvalue weighted by Crippen LogP contribution is 1.21. The number of hydrogen-bond acceptors (Lipinski definition) is 3. The zero-order valence-corrected chi connectivity index (χ0v) is 2.95. The summed E-state index contributed by atoms with van der Waals surface area (Å²) in [4.78, 5) is 0. The molecule has 0 rings (SSSR count). The number of hydrazine groups is 1. The van der Waals surface area contributed by atoms with Gasteiger partial charge in [-0.15, -0.1) is 0 Å². The lowest BCUT2D eigenvalue weighted by atomic mass is 11.3. The lowest BCUT2D eigenvalue weighted by Crippen LogP contribution is -2.20. The van der Waals surface area contributed by atoms with Crippen molar-refractivity contribution in [1.29, 1.82) is 5.26 Å². The Morgan fingerprint density at radius 3 is 2.40 bits per heavy atom. The van der Waals surface area contributed by atoms with Crippen LogP contribution in [0.1, 0.15) is 0 Å². The van der Waals surface area contributed by atoms with Crippen LogP contribution in [0.2, 0.25) is 0 Å².